The second kappa shape index (κ2) is 8.96. The molecule has 7 nitrogen and oxygen atoms in total. The first-order valence-electron chi connectivity index (χ1n) is 8.49. The molecule has 0 bridgehead atoms. The average Bonchev–Trinajstić information content (AvgIpc) is 2.61. The molecule has 2 aromatic rings. The fourth-order valence-corrected chi connectivity index (χ4v) is 2.51. The summed E-state index contributed by atoms with van der Waals surface area (Å²) in [6, 6.07) is 12.3. The molecular weight excluding hydrogens is 332 g/mol. The van der Waals surface area contributed by atoms with E-state index in [-0.39, 0.29) is 12.5 Å². The van der Waals surface area contributed by atoms with Gasteiger partial charge in [-0.05, 0) is 32.3 Å². The molecule has 0 aliphatic heterocycles. The molecule has 0 saturated carbocycles. The minimum Gasteiger partial charge on any atom is -0.338 e. The summed E-state index contributed by atoms with van der Waals surface area (Å²) in [5.41, 5.74) is 0.723. The van der Waals surface area contributed by atoms with Crippen molar-refractivity contribution in [1.82, 2.24) is 15.5 Å². The van der Waals surface area contributed by atoms with Crippen molar-refractivity contribution in [3.8, 4) is 0 Å². The summed E-state index contributed by atoms with van der Waals surface area (Å²) in [7, 11) is 1.66. The summed E-state index contributed by atoms with van der Waals surface area (Å²) in [6.45, 7) is 3.85. The van der Waals surface area contributed by atoms with Gasteiger partial charge in [0.2, 0.25) is 11.8 Å². The van der Waals surface area contributed by atoms with E-state index >= 15 is 0 Å². The molecule has 0 radical (unpaired) electrons. The molecule has 0 saturated heterocycles. The van der Waals surface area contributed by atoms with Crippen LogP contribution in [0.4, 0.5) is 10.5 Å². The number of likely N-dealkylation sites (N-methyl/N-ethyl adjacent to an activating group) is 1. The number of rotatable bonds is 6. The van der Waals surface area contributed by atoms with Gasteiger partial charge in [0.15, 0.2) is 0 Å². The lowest BCUT2D eigenvalue weighted by atomic mass is 10.1. The van der Waals surface area contributed by atoms with Crippen molar-refractivity contribution < 1.29 is 14.4 Å². The van der Waals surface area contributed by atoms with Gasteiger partial charge in [-0.1, -0.05) is 36.4 Å². The molecule has 7 heteroatoms. The second-order valence-electron chi connectivity index (χ2n) is 6.01. The third kappa shape index (κ3) is 5.03. The van der Waals surface area contributed by atoms with E-state index < -0.39 is 18.0 Å². The zero-order valence-corrected chi connectivity index (χ0v) is 15.2. The Balaban J connectivity index is 1.96. The fourth-order valence-electron chi connectivity index (χ4n) is 2.51. The maximum Gasteiger partial charge on any atom is 0.321 e. The molecule has 2 aromatic carbocycles. The molecule has 0 aromatic heterocycles. The molecule has 0 fully saturated rings. The van der Waals surface area contributed by atoms with Crippen LogP contribution in [0, 0.1) is 0 Å². The van der Waals surface area contributed by atoms with Crippen molar-refractivity contribution in [2.24, 2.45) is 0 Å². The number of urea groups is 1. The zero-order valence-electron chi connectivity index (χ0n) is 15.2. The molecule has 1 atom stereocenters. The first-order valence-corrected chi connectivity index (χ1v) is 8.49. The van der Waals surface area contributed by atoms with Crippen LogP contribution in [-0.4, -0.2) is 48.9 Å². The Hall–Kier alpha value is -2.93. The maximum atomic E-state index is 12.4. The lowest BCUT2D eigenvalue weighted by Gasteiger charge is -2.23. The van der Waals surface area contributed by atoms with E-state index in [1.54, 1.807) is 25.8 Å². The number of fused-ring (bicyclic) bond motifs is 1. The predicted molar refractivity (Wildman–Crippen MR) is 102 cm³/mol. The number of hydrogen-bond donors (Lipinski definition) is 3. The molecule has 138 valence electrons. The molecule has 2 rings (SSSR count). The Bertz CT molecular complexity index is 801. The molecule has 0 aliphatic carbocycles. The minimum absolute atomic E-state index is 0.0210. The van der Waals surface area contributed by atoms with Gasteiger partial charge in [0.05, 0.1) is 12.6 Å². The van der Waals surface area contributed by atoms with E-state index in [0.717, 1.165) is 16.5 Å². The summed E-state index contributed by atoms with van der Waals surface area (Å²) in [4.78, 5) is 37.4. The molecular formula is C19H24N4O3. The summed E-state index contributed by atoms with van der Waals surface area (Å²) in [5.74, 6) is -0.696. The van der Waals surface area contributed by atoms with E-state index in [0.29, 0.717) is 6.54 Å². The Labute approximate surface area is 152 Å². The van der Waals surface area contributed by atoms with E-state index in [9.17, 15) is 14.4 Å². The highest BCUT2D eigenvalue weighted by Crippen LogP contribution is 2.22. The van der Waals surface area contributed by atoms with Gasteiger partial charge in [-0.15, -0.1) is 0 Å². The number of benzene rings is 2. The number of hydrogen-bond acceptors (Lipinski definition) is 4. The molecule has 3 N–H and O–H groups in total. The van der Waals surface area contributed by atoms with Gasteiger partial charge in [-0.3, -0.25) is 19.8 Å². The number of nitrogens with zero attached hydrogens (tertiary/aromatic N) is 1. The van der Waals surface area contributed by atoms with Crippen LogP contribution in [0.5, 0.6) is 0 Å². The Kier molecular flexibility index (Phi) is 6.68. The third-order valence-electron chi connectivity index (χ3n) is 4.07. The lowest BCUT2D eigenvalue weighted by molar-refractivity contribution is -0.125. The fraction of sp³-hybridized carbons (Fsp3) is 0.316. The topological polar surface area (TPSA) is 90.5 Å². The van der Waals surface area contributed by atoms with Gasteiger partial charge in [0, 0.05) is 17.6 Å². The van der Waals surface area contributed by atoms with Crippen molar-refractivity contribution in [2.75, 3.05) is 25.5 Å². The highest BCUT2D eigenvalue weighted by atomic mass is 16.2. The first-order chi connectivity index (χ1) is 12.4. The summed E-state index contributed by atoms with van der Waals surface area (Å²) >= 11 is 0. The average molecular weight is 356 g/mol. The zero-order chi connectivity index (χ0) is 19.1. The van der Waals surface area contributed by atoms with Crippen LogP contribution in [0.2, 0.25) is 0 Å². The van der Waals surface area contributed by atoms with E-state index in [1.165, 1.54) is 0 Å². The van der Waals surface area contributed by atoms with E-state index in [2.05, 4.69) is 16.0 Å². The van der Waals surface area contributed by atoms with E-state index in [1.807, 2.05) is 42.5 Å². The SMILES string of the molecule is CCNC(=O)NC(=O)[C@@H](C)N(C)CC(=O)Nc1cccc2ccccc12. The van der Waals surface area contributed by atoms with Crippen molar-refractivity contribution in [3.63, 3.8) is 0 Å². The van der Waals surface area contributed by atoms with Crippen molar-refractivity contribution in [1.29, 1.82) is 0 Å². The number of nitrogens with one attached hydrogen (secondary N) is 3. The van der Waals surface area contributed by atoms with Crippen LogP contribution in [0.15, 0.2) is 42.5 Å². The van der Waals surface area contributed by atoms with Crippen molar-refractivity contribution in [3.05, 3.63) is 42.5 Å². The Morgan fingerprint density at radius 1 is 1.08 bits per heavy atom. The number of imide groups is 1. The van der Waals surface area contributed by atoms with Gasteiger partial charge >= 0.3 is 6.03 Å². The van der Waals surface area contributed by atoms with Crippen LogP contribution < -0.4 is 16.0 Å². The van der Waals surface area contributed by atoms with Gasteiger partial charge < -0.3 is 10.6 Å². The minimum atomic E-state index is -0.629. The van der Waals surface area contributed by atoms with Gasteiger partial charge in [-0.25, -0.2) is 4.79 Å². The number of anilines is 1. The van der Waals surface area contributed by atoms with Crippen LogP contribution in [0.1, 0.15) is 13.8 Å². The molecule has 0 aliphatic rings. The third-order valence-corrected chi connectivity index (χ3v) is 4.07. The smallest absolute Gasteiger partial charge is 0.321 e. The largest absolute Gasteiger partial charge is 0.338 e. The van der Waals surface area contributed by atoms with Gasteiger partial charge in [0.25, 0.3) is 0 Å². The van der Waals surface area contributed by atoms with Gasteiger partial charge in [0.1, 0.15) is 0 Å². The molecule has 0 heterocycles. The highest BCUT2D eigenvalue weighted by molar-refractivity contribution is 6.03. The Morgan fingerprint density at radius 3 is 2.50 bits per heavy atom. The van der Waals surface area contributed by atoms with Crippen LogP contribution >= 0.6 is 0 Å². The number of carbonyl (C=O) groups is 3. The van der Waals surface area contributed by atoms with Gasteiger partial charge in [-0.2, -0.15) is 0 Å². The van der Waals surface area contributed by atoms with Crippen LogP contribution in [-0.2, 0) is 9.59 Å². The second-order valence-corrected chi connectivity index (χ2v) is 6.01. The summed E-state index contributed by atoms with van der Waals surface area (Å²) in [5, 5.41) is 9.60. The first kappa shape index (κ1) is 19.4. The maximum absolute atomic E-state index is 12.4. The van der Waals surface area contributed by atoms with Crippen molar-refractivity contribution >= 4 is 34.3 Å². The highest BCUT2D eigenvalue weighted by Gasteiger charge is 2.21. The lowest BCUT2D eigenvalue weighted by Crippen LogP contribution is -2.49. The van der Waals surface area contributed by atoms with Crippen LogP contribution in [0.3, 0.4) is 0 Å². The normalized spacial score (nSPS) is 11.8. The molecule has 26 heavy (non-hydrogen) atoms. The standard InChI is InChI=1S/C19H24N4O3/c1-4-20-19(26)22-18(25)13(2)23(3)12-17(24)21-16-11-7-9-14-8-5-6-10-15(14)16/h5-11,13H,4,12H2,1-3H3,(H,21,24)(H2,20,22,25,26)/t13-/m1/s1. The van der Waals surface area contributed by atoms with Crippen LogP contribution in [0.25, 0.3) is 10.8 Å². The Morgan fingerprint density at radius 2 is 1.77 bits per heavy atom. The summed E-state index contributed by atoms with van der Waals surface area (Å²) in [6.07, 6.45) is 0. The number of carbonyl (C=O) groups excluding carboxylic acids is 3. The van der Waals surface area contributed by atoms with Crippen molar-refractivity contribution in [2.45, 2.75) is 19.9 Å². The van der Waals surface area contributed by atoms with E-state index in [4.69, 9.17) is 0 Å². The molecule has 0 spiro atoms. The summed E-state index contributed by atoms with van der Waals surface area (Å²) < 4.78 is 0. The number of amides is 4. The predicted octanol–water partition coefficient (Wildman–Crippen LogP) is 1.94. The monoisotopic (exact) mass is 356 g/mol. The molecule has 4 amide bonds. The molecule has 0 unspecified atom stereocenters. The quantitative estimate of drug-likeness (QED) is 0.738.